The van der Waals surface area contributed by atoms with E-state index >= 15 is 0 Å². The van der Waals surface area contributed by atoms with E-state index in [0.29, 0.717) is 16.8 Å². The Bertz CT molecular complexity index is 944. The zero-order valence-electron chi connectivity index (χ0n) is 13.8. The van der Waals surface area contributed by atoms with Crippen molar-refractivity contribution in [2.75, 3.05) is 7.11 Å². The van der Waals surface area contributed by atoms with Gasteiger partial charge >= 0.3 is 10.0 Å². The number of nitrogens with zero attached hydrogens (tertiary/aromatic N) is 1. The maximum Gasteiger partial charge on any atom is 0.400 e. The lowest BCUT2D eigenvalue weighted by molar-refractivity contribution is -0.326. The van der Waals surface area contributed by atoms with Crippen LogP contribution in [0.4, 0.5) is 5.69 Å². The average Bonchev–Trinajstić information content (AvgIpc) is 3.04. The SMILES string of the molecule is COC(OO)/C(C)=C1\C=[N+](S(=O)(=O)c2ccccc2)c2ccccc21. The summed E-state index contributed by atoms with van der Waals surface area (Å²) in [6.07, 6.45) is 0.534. The minimum absolute atomic E-state index is 0.196. The van der Waals surface area contributed by atoms with Crippen molar-refractivity contribution in [3.63, 3.8) is 0 Å². The summed E-state index contributed by atoms with van der Waals surface area (Å²) in [4.78, 5) is 4.52. The van der Waals surface area contributed by atoms with Gasteiger partial charge in [-0.25, -0.2) is 10.1 Å². The number of benzene rings is 2. The maximum atomic E-state index is 13.0. The van der Waals surface area contributed by atoms with Gasteiger partial charge in [-0.05, 0) is 30.7 Å². The highest BCUT2D eigenvalue weighted by atomic mass is 32.2. The molecule has 1 heterocycles. The first kappa shape index (κ1) is 17.5. The summed E-state index contributed by atoms with van der Waals surface area (Å²) >= 11 is 0. The van der Waals surface area contributed by atoms with Crippen LogP contribution in [0.15, 0.2) is 65.1 Å². The van der Waals surface area contributed by atoms with E-state index in [9.17, 15) is 8.42 Å². The minimum Gasteiger partial charge on any atom is -0.350 e. The number of methoxy groups -OCH3 is 1. The molecule has 1 N–H and O–H groups in total. The molecule has 1 aliphatic heterocycles. The highest BCUT2D eigenvalue weighted by Gasteiger charge is 2.38. The number of hydrogen-bond acceptors (Lipinski definition) is 5. The normalized spacial score (nSPS) is 17.0. The molecule has 1 unspecified atom stereocenters. The molecule has 0 saturated carbocycles. The monoisotopic (exact) mass is 360 g/mol. The van der Waals surface area contributed by atoms with Crippen molar-refractivity contribution in [1.29, 1.82) is 0 Å². The van der Waals surface area contributed by atoms with Gasteiger partial charge in [-0.1, -0.05) is 34.3 Å². The van der Waals surface area contributed by atoms with E-state index in [4.69, 9.17) is 9.99 Å². The molecular weight excluding hydrogens is 342 g/mol. The first-order chi connectivity index (χ1) is 12.0. The van der Waals surface area contributed by atoms with E-state index in [0.717, 1.165) is 5.56 Å². The van der Waals surface area contributed by atoms with Crippen LogP contribution < -0.4 is 0 Å². The molecule has 0 aromatic heterocycles. The lowest BCUT2D eigenvalue weighted by atomic mass is 10.0. The summed E-state index contributed by atoms with van der Waals surface area (Å²) < 4.78 is 32.4. The Morgan fingerprint density at radius 1 is 1.08 bits per heavy atom. The second-order valence-electron chi connectivity index (χ2n) is 5.53. The molecule has 2 aromatic rings. The second kappa shape index (κ2) is 6.89. The Hall–Kier alpha value is -2.32. The van der Waals surface area contributed by atoms with Crippen LogP contribution in [0.5, 0.6) is 0 Å². The van der Waals surface area contributed by atoms with Crippen molar-refractivity contribution in [2.45, 2.75) is 18.1 Å². The number of rotatable bonds is 5. The summed E-state index contributed by atoms with van der Waals surface area (Å²) in [6.45, 7) is 1.71. The number of ether oxygens (including phenoxy) is 1. The number of para-hydroxylation sites is 1. The van der Waals surface area contributed by atoms with E-state index in [1.807, 2.05) is 12.1 Å². The van der Waals surface area contributed by atoms with Gasteiger partial charge in [0.15, 0.2) is 6.21 Å². The summed E-state index contributed by atoms with van der Waals surface area (Å²) in [6, 6.07) is 15.4. The number of sulfonamides is 1. The fourth-order valence-electron chi connectivity index (χ4n) is 2.79. The van der Waals surface area contributed by atoms with Gasteiger partial charge in [0, 0.05) is 13.2 Å². The predicted octanol–water partition coefficient (Wildman–Crippen LogP) is 3.04. The summed E-state index contributed by atoms with van der Waals surface area (Å²) in [5, 5.41) is 9.00. The van der Waals surface area contributed by atoms with Gasteiger partial charge in [0.2, 0.25) is 12.0 Å². The smallest absolute Gasteiger partial charge is 0.350 e. The van der Waals surface area contributed by atoms with Crippen LogP contribution in [0.3, 0.4) is 0 Å². The molecule has 0 aliphatic carbocycles. The highest BCUT2D eigenvalue weighted by molar-refractivity contribution is 7.85. The third-order valence-electron chi connectivity index (χ3n) is 4.07. The van der Waals surface area contributed by atoms with Crippen LogP contribution in [-0.2, 0) is 19.6 Å². The standard InChI is InChI=1S/C18H17NO5S/c1-13(18(23-2)24-20)16-12-19(17-11-7-6-10-15(16)17)25(21,22)14-8-4-3-5-9-14/h3-12,18H,1-2H3/p+1/b16-13+. The average molecular weight is 360 g/mol. The van der Waals surface area contributed by atoms with Crippen molar-refractivity contribution < 1.29 is 27.3 Å². The first-order valence-corrected chi connectivity index (χ1v) is 9.02. The third-order valence-corrected chi connectivity index (χ3v) is 5.75. The van der Waals surface area contributed by atoms with Gasteiger partial charge in [-0.15, -0.1) is 0 Å². The topological polar surface area (TPSA) is 75.8 Å². The minimum atomic E-state index is -3.76. The molecule has 0 spiro atoms. The van der Waals surface area contributed by atoms with E-state index < -0.39 is 16.3 Å². The molecule has 2 aromatic carbocycles. The van der Waals surface area contributed by atoms with Crippen LogP contribution in [0.1, 0.15) is 12.5 Å². The zero-order chi connectivity index (χ0) is 18.0. The predicted molar refractivity (Wildman–Crippen MR) is 93.2 cm³/mol. The molecule has 1 atom stereocenters. The molecule has 3 rings (SSSR count). The van der Waals surface area contributed by atoms with Crippen LogP contribution in [-0.4, -0.2) is 37.3 Å². The fourth-order valence-corrected chi connectivity index (χ4v) is 4.19. The molecule has 0 amide bonds. The Kier molecular flexibility index (Phi) is 4.82. The molecule has 0 radical (unpaired) electrons. The molecule has 7 heteroatoms. The van der Waals surface area contributed by atoms with Crippen LogP contribution >= 0.6 is 0 Å². The summed E-state index contributed by atoms with van der Waals surface area (Å²) in [7, 11) is -2.37. The van der Waals surface area contributed by atoms with Gasteiger partial charge in [0.1, 0.15) is 4.90 Å². The van der Waals surface area contributed by atoms with Gasteiger partial charge < -0.3 is 4.74 Å². The van der Waals surface area contributed by atoms with E-state index in [2.05, 4.69) is 4.89 Å². The second-order valence-corrected chi connectivity index (χ2v) is 7.34. The van der Waals surface area contributed by atoms with E-state index in [1.54, 1.807) is 49.4 Å². The number of allylic oxidation sites excluding steroid dienone is 1. The maximum absolute atomic E-state index is 13.0. The Labute approximate surface area is 146 Å². The first-order valence-electron chi connectivity index (χ1n) is 7.58. The van der Waals surface area contributed by atoms with Crippen molar-refractivity contribution in [3.05, 3.63) is 65.7 Å². The largest absolute Gasteiger partial charge is 0.400 e. The van der Waals surface area contributed by atoms with Gasteiger partial charge in [0.05, 0.1) is 11.1 Å². The highest BCUT2D eigenvalue weighted by Crippen LogP contribution is 2.36. The van der Waals surface area contributed by atoms with Crippen LogP contribution in [0.25, 0.3) is 5.57 Å². The Balaban J connectivity index is 2.22. The summed E-state index contributed by atoms with van der Waals surface area (Å²) in [5.74, 6) is 0. The molecular formula is C18H18NO5S+. The molecule has 1 aliphatic rings. The van der Waals surface area contributed by atoms with Gasteiger partial charge in [-0.2, -0.15) is 8.42 Å². The van der Waals surface area contributed by atoms with E-state index in [-0.39, 0.29) is 4.90 Å². The van der Waals surface area contributed by atoms with E-state index in [1.165, 1.54) is 17.3 Å². The summed E-state index contributed by atoms with van der Waals surface area (Å²) in [5.41, 5.74) is 2.44. The van der Waals surface area contributed by atoms with Crippen molar-refractivity contribution >= 4 is 27.5 Å². The molecule has 130 valence electrons. The Morgan fingerprint density at radius 2 is 1.72 bits per heavy atom. The molecule has 25 heavy (non-hydrogen) atoms. The van der Waals surface area contributed by atoms with Crippen LogP contribution in [0, 0.1) is 0 Å². The lowest BCUT2D eigenvalue weighted by Gasteiger charge is -2.12. The number of hydrogen-bond donors (Lipinski definition) is 1. The quantitative estimate of drug-likeness (QED) is 0.384. The van der Waals surface area contributed by atoms with Crippen LogP contribution in [0.2, 0.25) is 0 Å². The lowest BCUT2D eigenvalue weighted by Crippen LogP contribution is -2.17. The zero-order valence-corrected chi connectivity index (χ0v) is 14.6. The third kappa shape index (κ3) is 3.03. The fraction of sp³-hybridized carbons (Fsp3) is 0.167. The molecule has 6 nitrogen and oxygen atoms in total. The molecule has 0 saturated heterocycles. The Morgan fingerprint density at radius 3 is 2.36 bits per heavy atom. The van der Waals surface area contributed by atoms with Crippen molar-refractivity contribution in [1.82, 2.24) is 0 Å². The van der Waals surface area contributed by atoms with Gasteiger partial charge in [0.25, 0.3) is 0 Å². The van der Waals surface area contributed by atoms with Crippen molar-refractivity contribution in [2.24, 2.45) is 0 Å². The van der Waals surface area contributed by atoms with Crippen molar-refractivity contribution in [3.8, 4) is 0 Å². The number of fused-ring (bicyclic) bond motifs is 1. The molecule has 0 fully saturated rings. The van der Waals surface area contributed by atoms with Gasteiger partial charge in [-0.3, -0.25) is 0 Å². The molecule has 0 bridgehead atoms.